The van der Waals surface area contributed by atoms with Gasteiger partial charge in [-0.25, -0.2) is 13.4 Å². The van der Waals surface area contributed by atoms with Crippen molar-refractivity contribution in [3.8, 4) is 11.3 Å². The van der Waals surface area contributed by atoms with Crippen LogP contribution in [0.5, 0.6) is 0 Å². The summed E-state index contributed by atoms with van der Waals surface area (Å²) in [4.78, 5) is 4.53. The maximum absolute atomic E-state index is 11.6. The summed E-state index contributed by atoms with van der Waals surface area (Å²) in [6.45, 7) is 0.855. The van der Waals surface area contributed by atoms with Gasteiger partial charge in [-0.15, -0.1) is 0 Å². The van der Waals surface area contributed by atoms with Crippen LogP contribution in [0.3, 0.4) is 0 Å². The van der Waals surface area contributed by atoms with Gasteiger partial charge in [-0.05, 0) is 25.0 Å². The van der Waals surface area contributed by atoms with Gasteiger partial charge in [-0.2, -0.15) is 0 Å². The van der Waals surface area contributed by atoms with Gasteiger partial charge in [-0.3, -0.25) is 0 Å². The van der Waals surface area contributed by atoms with Crippen molar-refractivity contribution in [2.75, 3.05) is 12.8 Å². The first-order valence-electron chi connectivity index (χ1n) is 7.01. The molecule has 1 aromatic carbocycles. The van der Waals surface area contributed by atoms with E-state index in [9.17, 15) is 8.42 Å². The van der Waals surface area contributed by atoms with E-state index in [1.54, 1.807) is 24.4 Å². The third-order valence-electron chi connectivity index (χ3n) is 3.45. The van der Waals surface area contributed by atoms with Gasteiger partial charge in [0.1, 0.15) is 0 Å². The van der Waals surface area contributed by atoms with Crippen LogP contribution in [0.25, 0.3) is 11.3 Å². The van der Waals surface area contributed by atoms with Gasteiger partial charge < -0.3 is 9.73 Å². The molecule has 5 nitrogen and oxygen atoms in total. The van der Waals surface area contributed by atoms with E-state index in [1.807, 2.05) is 6.07 Å². The third-order valence-corrected chi connectivity index (χ3v) is 4.56. The fourth-order valence-electron chi connectivity index (χ4n) is 2.11. The van der Waals surface area contributed by atoms with E-state index in [2.05, 4.69) is 10.3 Å². The van der Waals surface area contributed by atoms with Crippen molar-refractivity contribution in [2.24, 2.45) is 0 Å². The molecule has 0 spiro atoms. The highest BCUT2D eigenvalue weighted by molar-refractivity contribution is 7.90. The molecule has 2 aromatic rings. The number of benzene rings is 1. The van der Waals surface area contributed by atoms with Crippen LogP contribution in [-0.4, -0.2) is 32.2 Å². The maximum atomic E-state index is 11.6. The average molecular weight is 306 g/mol. The topological polar surface area (TPSA) is 72.2 Å². The van der Waals surface area contributed by atoms with Crippen LogP contribution in [0.1, 0.15) is 18.7 Å². The number of sulfone groups is 1. The van der Waals surface area contributed by atoms with E-state index >= 15 is 0 Å². The minimum atomic E-state index is -3.22. The summed E-state index contributed by atoms with van der Waals surface area (Å²) in [5.74, 6) is 1.27. The fraction of sp³-hybridized carbons (Fsp3) is 0.400. The Hall–Kier alpha value is -1.66. The molecule has 1 N–H and O–H groups in total. The Labute approximate surface area is 124 Å². The Morgan fingerprint density at radius 2 is 2.19 bits per heavy atom. The molecule has 1 fully saturated rings. The smallest absolute Gasteiger partial charge is 0.196 e. The lowest BCUT2D eigenvalue weighted by molar-refractivity contribution is 0.494. The zero-order valence-electron chi connectivity index (χ0n) is 11.9. The lowest BCUT2D eigenvalue weighted by Crippen LogP contribution is -2.19. The van der Waals surface area contributed by atoms with Crippen molar-refractivity contribution >= 4 is 9.84 Å². The molecular formula is C15H18N2O3S. The highest BCUT2D eigenvalue weighted by atomic mass is 32.2. The number of nitrogens with one attached hydrogen (secondary N) is 1. The molecule has 0 amide bonds. The van der Waals surface area contributed by atoms with Crippen LogP contribution in [0.4, 0.5) is 0 Å². The Kier molecular flexibility index (Phi) is 3.82. The van der Waals surface area contributed by atoms with Gasteiger partial charge in [0.2, 0.25) is 0 Å². The molecule has 1 saturated carbocycles. The summed E-state index contributed by atoms with van der Waals surface area (Å²) in [6, 6.07) is 7.40. The largest absolute Gasteiger partial charge is 0.441 e. The molecule has 0 saturated heterocycles. The molecule has 1 aliphatic carbocycles. The number of hydrogen-bond acceptors (Lipinski definition) is 5. The second kappa shape index (κ2) is 5.61. The predicted molar refractivity (Wildman–Crippen MR) is 79.8 cm³/mol. The quantitative estimate of drug-likeness (QED) is 0.884. The molecular weight excluding hydrogens is 288 g/mol. The molecule has 1 heterocycles. The number of oxazole rings is 1. The summed E-state index contributed by atoms with van der Waals surface area (Å²) < 4.78 is 28.9. The van der Waals surface area contributed by atoms with Crippen molar-refractivity contribution in [3.05, 3.63) is 36.4 Å². The Morgan fingerprint density at radius 1 is 1.38 bits per heavy atom. The maximum Gasteiger partial charge on any atom is 0.196 e. The second-order valence-electron chi connectivity index (χ2n) is 5.40. The lowest BCUT2D eigenvalue weighted by Gasteiger charge is -2.01. The summed E-state index contributed by atoms with van der Waals surface area (Å²) in [5, 5.41) is 3.40. The highest BCUT2D eigenvalue weighted by Crippen LogP contribution is 2.23. The number of rotatable bonds is 6. The first-order chi connectivity index (χ1) is 10.0. The second-order valence-corrected chi connectivity index (χ2v) is 7.41. The van der Waals surface area contributed by atoms with Crippen molar-refractivity contribution in [1.29, 1.82) is 0 Å². The fourth-order valence-corrected chi connectivity index (χ4v) is 2.78. The van der Waals surface area contributed by atoms with Crippen LogP contribution in [0.15, 0.2) is 39.8 Å². The minimum Gasteiger partial charge on any atom is -0.441 e. The Bertz CT molecular complexity index is 733. The molecule has 6 heteroatoms. The first kappa shape index (κ1) is 14.3. The third kappa shape index (κ3) is 3.71. The zero-order valence-corrected chi connectivity index (χ0v) is 12.7. The normalized spacial score (nSPS) is 15.3. The van der Waals surface area contributed by atoms with E-state index in [-0.39, 0.29) is 4.90 Å². The molecule has 0 unspecified atom stereocenters. The van der Waals surface area contributed by atoms with E-state index in [0.717, 1.165) is 18.5 Å². The molecule has 21 heavy (non-hydrogen) atoms. The number of aromatic nitrogens is 1. The summed E-state index contributed by atoms with van der Waals surface area (Å²) in [5.41, 5.74) is 0.729. The van der Waals surface area contributed by atoms with E-state index in [1.165, 1.54) is 19.1 Å². The van der Waals surface area contributed by atoms with Gasteiger partial charge in [0.05, 0.1) is 11.1 Å². The van der Waals surface area contributed by atoms with E-state index < -0.39 is 9.84 Å². The lowest BCUT2D eigenvalue weighted by atomic mass is 10.2. The summed E-state index contributed by atoms with van der Waals surface area (Å²) in [6.07, 6.45) is 6.10. The van der Waals surface area contributed by atoms with Crippen LogP contribution >= 0.6 is 0 Å². The standard InChI is InChI=1S/C15H18N2O3S/c1-21(18,19)13-4-2-3-11(9-13)14-10-17-15(20-14)7-8-16-12-5-6-12/h2-4,9-10,12,16H,5-8H2,1H3. The highest BCUT2D eigenvalue weighted by Gasteiger charge is 2.20. The SMILES string of the molecule is CS(=O)(=O)c1cccc(-c2cnc(CCNC3CC3)o2)c1. The first-order valence-corrected chi connectivity index (χ1v) is 8.90. The van der Waals surface area contributed by atoms with Crippen LogP contribution in [0.2, 0.25) is 0 Å². The van der Waals surface area contributed by atoms with Crippen LogP contribution < -0.4 is 5.32 Å². The predicted octanol–water partition coefficient (Wildman–Crippen LogP) is 2.04. The minimum absolute atomic E-state index is 0.286. The van der Waals surface area contributed by atoms with Crippen molar-refractivity contribution in [2.45, 2.75) is 30.2 Å². The van der Waals surface area contributed by atoms with Gasteiger partial charge >= 0.3 is 0 Å². The van der Waals surface area contributed by atoms with Crippen molar-refractivity contribution < 1.29 is 12.8 Å². The van der Waals surface area contributed by atoms with Crippen LogP contribution in [0, 0.1) is 0 Å². The molecule has 0 bridgehead atoms. The van der Waals surface area contributed by atoms with Gasteiger partial charge in [0.25, 0.3) is 0 Å². The molecule has 0 radical (unpaired) electrons. The monoisotopic (exact) mass is 306 g/mol. The van der Waals surface area contributed by atoms with E-state index in [0.29, 0.717) is 17.7 Å². The Balaban J connectivity index is 1.72. The molecule has 1 aliphatic rings. The average Bonchev–Trinajstić information content (AvgIpc) is 3.14. The molecule has 3 rings (SSSR count). The Morgan fingerprint density at radius 3 is 2.90 bits per heavy atom. The van der Waals surface area contributed by atoms with E-state index in [4.69, 9.17) is 4.42 Å². The molecule has 0 atom stereocenters. The van der Waals surface area contributed by atoms with Crippen molar-refractivity contribution in [3.63, 3.8) is 0 Å². The summed E-state index contributed by atoms with van der Waals surface area (Å²) in [7, 11) is -3.22. The molecule has 1 aromatic heterocycles. The van der Waals surface area contributed by atoms with Crippen molar-refractivity contribution in [1.82, 2.24) is 10.3 Å². The summed E-state index contributed by atoms with van der Waals surface area (Å²) >= 11 is 0. The van der Waals surface area contributed by atoms with Gasteiger partial charge in [0.15, 0.2) is 21.5 Å². The number of hydrogen-bond donors (Lipinski definition) is 1. The molecule has 0 aliphatic heterocycles. The van der Waals surface area contributed by atoms with Crippen LogP contribution in [-0.2, 0) is 16.3 Å². The molecule has 112 valence electrons. The van der Waals surface area contributed by atoms with Gasteiger partial charge in [-0.1, -0.05) is 12.1 Å². The number of nitrogens with zero attached hydrogens (tertiary/aromatic N) is 1. The van der Waals surface area contributed by atoms with Gasteiger partial charge in [0, 0.05) is 30.8 Å². The zero-order chi connectivity index (χ0) is 14.9.